The minimum atomic E-state index is -0.787. The van der Waals surface area contributed by atoms with Crippen LogP contribution in [0.15, 0.2) is 51.9 Å². The summed E-state index contributed by atoms with van der Waals surface area (Å²) < 4.78 is 9.89. The lowest BCUT2D eigenvalue weighted by molar-refractivity contribution is -0.147. The number of imide groups is 1. The number of H-pyrrole nitrogens is 1. The first-order valence-electron chi connectivity index (χ1n) is 8.25. The number of carbonyl (C=O) groups excluding carboxylic acids is 3. The molecular formula is C18H16N4O6. The van der Waals surface area contributed by atoms with Crippen LogP contribution in [0.5, 0.6) is 0 Å². The molecule has 0 radical (unpaired) electrons. The molecule has 0 spiro atoms. The first-order chi connectivity index (χ1) is 13.5. The third-order valence-electron chi connectivity index (χ3n) is 3.71. The fourth-order valence-electron chi connectivity index (χ4n) is 2.43. The van der Waals surface area contributed by atoms with E-state index in [2.05, 4.69) is 15.5 Å². The lowest BCUT2D eigenvalue weighted by Crippen LogP contribution is -2.41. The predicted octanol–water partition coefficient (Wildman–Crippen LogP) is 0.628. The van der Waals surface area contributed by atoms with Gasteiger partial charge >= 0.3 is 12.0 Å². The van der Waals surface area contributed by atoms with Crippen LogP contribution in [0.2, 0.25) is 0 Å². The zero-order chi connectivity index (χ0) is 19.9. The highest BCUT2D eigenvalue weighted by Crippen LogP contribution is 2.13. The van der Waals surface area contributed by atoms with Crippen molar-refractivity contribution in [1.29, 1.82) is 0 Å². The molecule has 0 atom stereocenters. The summed E-state index contributed by atoms with van der Waals surface area (Å²) in [7, 11) is 0. The minimum absolute atomic E-state index is 0.108. The van der Waals surface area contributed by atoms with Crippen molar-refractivity contribution in [3.63, 3.8) is 0 Å². The van der Waals surface area contributed by atoms with Crippen LogP contribution < -0.4 is 16.2 Å². The number of hydrogen-bond donors (Lipinski definition) is 3. The average molecular weight is 384 g/mol. The Morgan fingerprint density at radius 3 is 2.64 bits per heavy atom. The van der Waals surface area contributed by atoms with Crippen molar-refractivity contribution in [3.8, 4) is 0 Å². The molecule has 0 bridgehead atoms. The SMILES string of the molecule is O=C(COC(=O)Cc1n[nH]c(=O)c2ccccc12)NC(=O)NCc1ccco1. The van der Waals surface area contributed by atoms with Crippen LogP contribution in [0.1, 0.15) is 11.5 Å². The zero-order valence-electron chi connectivity index (χ0n) is 14.6. The van der Waals surface area contributed by atoms with Crippen LogP contribution in [-0.2, 0) is 27.3 Å². The topological polar surface area (TPSA) is 143 Å². The molecule has 3 rings (SSSR count). The molecule has 0 saturated carbocycles. The van der Waals surface area contributed by atoms with Gasteiger partial charge in [0, 0.05) is 5.39 Å². The van der Waals surface area contributed by atoms with Crippen molar-refractivity contribution in [3.05, 3.63) is 64.5 Å². The number of ether oxygens (including phenoxy) is 1. The lowest BCUT2D eigenvalue weighted by atomic mass is 10.1. The van der Waals surface area contributed by atoms with Crippen molar-refractivity contribution < 1.29 is 23.5 Å². The summed E-state index contributed by atoms with van der Waals surface area (Å²) in [5.41, 5.74) is -0.0514. The quantitative estimate of drug-likeness (QED) is 0.529. The molecule has 0 saturated heterocycles. The molecule has 0 aliphatic rings. The monoisotopic (exact) mass is 384 g/mol. The number of benzene rings is 1. The maximum atomic E-state index is 12.0. The van der Waals surface area contributed by atoms with Crippen LogP contribution in [-0.4, -0.2) is 34.7 Å². The molecule has 28 heavy (non-hydrogen) atoms. The summed E-state index contributed by atoms with van der Waals surface area (Å²) in [6, 6.07) is 9.27. The van der Waals surface area contributed by atoms with Gasteiger partial charge in [-0.1, -0.05) is 18.2 Å². The van der Waals surface area contributed by atoms with Gasteiger partial charge in [0.05, 0.1) is 30.3 Å². The molecule has 2 heterocycles. The normalized spacial score (nSPS) is 10.4. The van der Waals surface area contributed by atoms with Gasteiger partial charge in [-0.15, -0.1) is 0 Å². The summed E-state index contributed by atoms with van der Waals surface area (Å²) >= 11 is 0. The highest BCUT2D eigenvalue weighted by molar-refractivity contribution is 5.95. The molecule has 10 heteroatoms. The summed E-state index contributed by atoms with van der Waals surface area (Å²) in [5, 5.41) is 11.5. The van der Waals surface area contributed by atoms with Gasteiger partial charge in [-0.2, -0.15) is 5.10 Å². The molecular weight excluding hydrogens is 368 g/mol. The zero-order valence-corrected chi connectivity index (χ0v) is 14.6. The second kappa shape index (κ2) is 8.62. The van der Waals surface area contributed by atoms with E-state index >= 15 is 0 Å². The second-order valence-electron chi connectivity index (χ2n) is 5.69. The van der Waals surface area contributed by atoms with Gasteiger partial charge in [0.15, 0.2) is 6.61 Å². The highest BCUT2D eigenvalue weighted by atomic mass is 16.5. The third-order valence-corrected chi connectivity index (χ3v) is 3.71. The molecule has 0 unspecified atom stereocenters. The van der Waals surface area contributed by atoms with Gasteiger partial charge in [-0.3, -0.25) is 19.7 Å². The summed E-state index contributed by atoms with van der Waals surface area (Å²) in [6.07, 6.45) is 1.22. The van der Waals surface area contributed by atoms with E-state index in [0.717, 1.165) is 0 Å². The summed E-state index contributed by atoms with van der Waals surface area (Å²) in [5.74, 6) is -0.991. The standard InChI is InChI=1S/C18H16N4O6/c23-15(20-18(26)19-9-11-4-3-7-27-11)10-28-16(24)8-14-12-5-1-2-6-13(12)17(25)22-21-14/h1-7H,8-10H2,(H,22,25)(H2,19,20,23,26). The lowest BCUT2D eigenvalue weighted by Gasteiger charge is -2.07. The van der Waals surface area contributed by atoms with E-state index in [1.54, 1.807) is 36.4 Å². The first kappa shape index (κ1) is 18.8. The number of nitrogens with one attached hydrogen (secondary N) is 3. The number of rotatable bonds is 6. The average Bonchev–Trinajstić information content (AvgIpc) is 3.21. The Labute approximate surface area is 157 Å². The van der Waals surface area contributed by atoms with Crippen LogP contribution >= 0.6 is 0 Å². The molecule has 3 N–H and O–H groups in total. The molecule has 0 aliphatic heterocycles. The predicted molar refractivity (Wildman–Crippen MR) is 96.1 cm³/mol. The number of amides is 3. The highest BCUT2D eigenvalue weighted by Gasteiger charge is 2.14. The second-order valence-corrected chi connectivity index (χ2v) is 5.69. The van der Waals surface area contributed by atoms with E-state index in [4.69, 9.17) is 9.15 Å². The summed E-state index contributed by atoms with van der Waals surface area (Å²) in [4.78, 5) is 47.0. The van der Waals surface area contributed by atoms with Gasteiger partial charge in [0.1, 0.15) is 5.76 Å². The molecule has 144 valence electrons. The number of carbonyl (C=O) groups is 3. The fourth-order valence-corrected chi connectivity index (χ4v) is 2.43. The van der Waals surface area contributed by atoms with E-state index < -0.39 is 24.5 Å². The van der Waals surface area contributed by atoms with Crippen molar-refractivity contribution >= 4 is 28.7 Å². The number of esters is 1. The first-order valence-corrected chi connectivity index (χ1v) is 8.25. The summed E-state index contributed by atoms with van der Waals surface area (Å²) in [6.45, 7) is -0.523. The van der Waals surface area contributed by atoms with Crippen molar-refractivity contribution in [1.82, 2.24) is 20.8 Å². The number of nitrogens with zero attached hydrogens (tertiary/aromatic N) is 1. The molecule has 10 nitrogen and oxygen atoms in total. The van der Waals surface area contributed by atoms with Crippen LogP contribution in [0.25, 0.3) is 10.8 Å². The Kier molecular flexibility index (Phi) is 5.80. The van der Waals surface area contributed by atoms with Crippen molar-refractivity contribution in [2.75, 3.05) is 6.61 Å². The largest absolute Gasteiger partial charge is 0.467 e. The Hall–Kier alpha value is -3.95. The Morgan fingerprint density at radius 2 is 1.89 bits per heavy atom. The number of aromatic amines is 1. The number of furan rings is 1. The van der Waals surface area contributed by atoms with Crippen LogP contribution in [0.4, 0.5) is 4.79 Å². The van der Waals surface area contributed by atoms with Crippen molar-refractivity contribution in [2.45, 2.75) is 13.0 Å². The number of hydrogen-bond acceptors (Lipinski definition) is 7. The maximum Gasteiger partial charge on any atom is 0.321 e. The van der Waals surface area contributed by atoms with Crippen LogP contribution in [0.3, 0.4) is 0 Å². The number of aromatic nitrogens is 2. The van der Waals surface area contributed by atoms with E-state index in [1.165, 1.54) is 6.26 Å². The molecule has 2 aromatic heterocycles. The maximum absolute atomic E-state index is 12.0. The van der Waals surface area contributed by atoms with Gasteiger partial charge in [0.2, 0.25) is 0 Å². The Balaban J connectivity index is 1.48. The van der Waals surface area contributed by atoms with Gasteiger partial charge in [0.25, 0.3) is 11.5 Å². The molecule has 3 amide bonds. The fraction of sp³-hybridized carbons (Fsp3) is 0.167. The Morgan fingerprint density at radius 1 is 1.11 bits per heavy atom. The minimum Gasteiger partial charge on any atom is -0.467 e. The molecule has 1 aromatic carbocycles. The molecule has 0 fully saturated rings. The van der Waals surface area contributed by atoms with Crippen molar-refractivity contribution in [2.24, 2.45) is 0 Å². The van der Waals surface area contributed by atoms with Gasteiger partial charge in [-0.05, 0) is 18.2 Å². The molecule has 3 aromatic rings. The number of fused-ring (bicyclic) bond motifs is 1. The Bertz CT molecular complexity index is 1060. The van der Waals surface area contributed by atoms with Gasteiger partial charge < -0.3 is 14.5 Å². The smallest absolute Gasteiger partial charge is 0.321 e. The van der Waals surface area contributed by atoms with Crippen LogP contribution in [0, 0.1) is 0 Å². The number of urea groups is 1. The molecule has 0 aliphatic carbocycles. The third kappa shape index (κ3) is 4.81. The van der Waals surface area contributed by atoms with Gasteiger partial charge in [-0.25, -0.2) is 9.89 Å². The van der Waals surface area contributed by atoms with E-state index in [1.807, 2.05) is 5.32 Å². The van der Waals surface area contributed by atoms with E-state index in [9.17, 15) is 19.2 Å². The van der Waals surface area contributed by atoms with E-state index in [0.29, 0.717) is 22.2 Å². The van der Waals surface area contributed by atoms with E-state index in [-0.39, 0.29) is 18.5 Å².